The number of rotatable bonds is 7. The van der Waals surface area contributed by atoms with Gasteiger partial charge in [0.25, 0.3) is 0 Å². The summed E-state index contributed by atoms with van der Waals surface area (Å²) in [7, 11) is 3.10. The molecule has 1 atom stereocenters. The number of hydrogen-bond donors (Lipinski definition) is 0. The van der Waals surface area contributed by atoms with Crippen molar-refractivity contribution in [3.8, 4) is 23.3 Å². The monoisotopic (exact) mass is 315 g/mol. The highest BCUT2D eigenvalue weighted by Crippen LogP contribution is 2.29. The van der Waals surface area contributed by atoms with Crippen molar-refractivity contribution in [3.63, 3.8) is 0 Å². The van der Waals surface area contributed by atoms with E-state index in [0.717, 1.165) is 5.75 Å². The van der Waals surface area contributed by atoms with Gasteiger partial charge in [-0.05, 0) is 42.5 Å². The summed E-state index contributed by atoms with van der Waals surface area (Å²) in [6.07, 6.45) is 0.433. The van der Waals surface area contributed by atoms with Crippen molar-refractivity contribution in [2.24, 2.45) is 0 Å². The van der Waals surface area contributed by atoms with E-state index >= 15 is 0 Å². The van der Waals surface area contributed by atoms with E-state index in [1.807, 2.05) is 0 Å². The van der Waals surface area contributed by atoms with E-state index in [9.17, 15) is 9.65 Å². The maximum atomic E-state index is 13.4. The number of nitrogens with zero attached hydrogens (tertiary/aromatic N) is 1. The Morgan fingerprint density at radius 2 is 1.74 bits per heavy atom. The predicted molar refractivity (Wildman–Crippen MR) is 84.4 cm³/mol. The Hall–Kier alpha value is -2.74. The second-order valence-electron chi connectivity index (χ2n) is 4.88. The summed E-state index contributed by atoms with van der Waals surface area (Å²) in [4.78, 5) is 0. The lowest BCUT2D eigenvalue weighted by Crippen LogP contribution is -2.06. The second-order valence-corrected chi connectivity index (χ2v) is 4.88. The average molecular weight is 315 g/mol. The van der Waals surface area contributed by atoms with Crippen molar-refractivity contribution in [3.05, 3.63) is 53.8 Å². The van der Waals surface area contributed by atoms with Crippen LogP contribution in [0.25, 0.3) is 0 Å². The van der Waals surface area contributed by atoms with Crippen LogP contribution in [0.3, 0.4) is 0 Å². The minimum Gasteiger partial charge on any atom is -0.497 e. The van der Waals surface area contributed by atoms with Gasteiger partial charge in [0.2, 0.25) is 0 Å². The summed E-state index contributed by atoms with van der Waals surface area (Å²) in [5.74, 6) is 1.05. The van der Waals surface area contributed by atoms with Crippen molar-refractivity contribution >= 4 is 0 Å². The van der Waals surface area contributed by atoms with Crippen molar-refractivity contribution in [1.82, 2.24) is 0 Å². The molecule has 0 saturated heterocycles. The Balaban J connectivity index is 2.00. The van der Waals surface area contributed by atoms with Crippen LogP contribution in [0.1, 0.15) is 17.9 Å². The first-order valence-electron chi connectivity index (χ1n) is 7.18. The topological polar surface area (TPSA) is 51.5 Å². The van der Waals surface area contributed by atoms with Gasteiger partial charge in [0, 0.05) is 12.0 Å². The van der Waals surface area contributed by atoms with Gasteiger partial charge in [0.05, 0.1) is 32.8 Å². The van der Waals surface area contributed by atoms with E-state index in [0.29, 0.717) is 30.1 Å². The SMILES string of the molecule is COc1ccc(OCCC(C#N)c2cc(F)ccc2OC)cc1. The summed E-state index contributed by atoms with van der Waals surface area (Å²) in [5.41, 5.74) is 0.535. The number of halogens is 1. The van der Waals surface area contributed by atoms with Crippen LogP contribution in [-0.2, 0) is 0 Å². The minimum absolute atomic E-state index is 0.338. The average Bonchev–Trinajstić information content (AvgIpc) is 2.59. The number of hydrogen-bond acceptors (Lipinski definition) is 4. The first-order chi connectivity index (χ1) is 11.2. The molecule has 0 heterocycles. The third kappa shape index (κ3) is 4.36. The van der Waals surface area contributed by atoms with Crippen LogP contribution < -0.4 is 14.2 Å². The van der Waals surface area contributed by atoms with Crippen molar-refractivity contribution in [2.75, 3.05) is 20.8 Å². The fraction of sp³-hybridized carbons (Fsp3) is 0.278. The molecule has 0 radical (unpaired) electrons. The minimum atomic E-state index is -0.501. The zero-order valence-electron chi connectivity index (χ0n) is 13.1. The molecule has 0 aliphatic rings. The standard InChI is InChI=1S/C18H18FNO3/c1-21-15-4-6-16(7-5-15)23-10-9-13(12-20)17-11-14(19)3-8-18(17)22-2/h3-8,11,13H,9-10H2,1-2H3. The predicted octanol–water partition coefficient (Wildman–Crippen LogP) is 3.92. The van der Waals surface area contributed by atoms with E-state index in [-0.39, 0.29) is 0 Å². The highest BCUT2D eigenvalue weighted by Gasteiger charge is 2.17. The summed E-state index contributed by atoms with van der Waals surface area (Å²) in [6, 6.07) is 13.5. The molecule has 0 saturated carbocycles. The van der Waals surface area contributed by atoms with Crippen LogP contribution in [0.2, 0.25) is 0 Å². The Morgan fingerprint density at radius 3 is 2.35 bits per heavy atom. The molecule has 0 aliphatic carbocycles. The van der Waals surface area contributed by atoms with E-state index in [1.165, 1.54) is 25.3 Å². The van der Waals surface area contributed by atoms with Crippen LogP contribution in [-0.4, -0.2) is 20.8 Å². The Labute approximate surface area is 135 Å². The summed E-state index contributed by atoms with van der Waals surface area (Å²) >= 11 is 0. The maximum absolute atomic E-state index is 13.4. The third-order valence-corrected chi connectivity index (χ3v) is 3.46. The molecule has 2 rings (SSSR count). The number of benzene rings is 2. The van der Waals surface area contributed by atoms with E-state index in [2.05, 4.69) is 6.07 Å². The largest absolute Gasteiger partial charge is 0.497 e. The fourth-order valence-electron chi connectivity index (χ4n) is 2.23. The fourth-order valence-corrected chi connectivity index (χ4v) is 2.23. The molecule has 2 aromatic carbocycles. The van der Waals surface area contributed by atoms with E-state index < -0.39 is 11.7 Å². The van der Waals surface area contributed by atoms with Gasteiger partial charge < -0.3 is 14.2 Å². The Bertz CT molecular complexity index is 680. The molecule has 0 aliphatic heterocycles. The second kappa shape index (κ2) is 8.04. The van der Waals surface area contributed by atoms with Crippen LogP contribution in [0.4, 0.5) is 4.39 Å². The lowest BCUT2D eigenvalue weighted by Gasteiger charge is -2.14. The first kappa shape index (κ1) is 16.6. The van der Waals surface area contributed by atoms with Gasteiger partial charge >= 0.3 is 0 Å². The van der Waals surface area contributed by atoms with Crippen molar-refractivity contribution in [1.29, 1.82) is 5.26 Å². The number of ether oxygens (including phenoxy) is 3. The molecule has 23 heavy (non-hydrogen) atoms. The zero-order valence-corrected chi connectivity index (χ0v) is 13.1. The molecule has 120 valence electrons. The molecule has 0 amide bonds. The first-order valence-corrected chi connectivity index (χ1v) is 7.18. The summed E-state index contributed by atoms with van der Waals surface area (Å²) < 4.78 is 29.3. The molecule has 0 spiro atoms. The van der Waals surface area contributed by atoms with Crippen LogP contribution in [0, 0.1) is 17.1 Å². The van der Waals surface area contributed by atoms with Crippen molar-refractivity contribution < 1.29 is 18.6 Å². The van der Waals surface area contributed by atoms with Gasteiger partial charge in [-0.3, -0.25) is 0 Å². The molecular formula is C18H18FNO3. The maximum Gasteiger partial charge on any atom is 0.123 e. The molecule has 0 fully saturated rings. The van der Waals surface area contributed by atoms with Crippen molar-refractivity contribution in [2.45, 2.75) is 12.3 Å². The molecule has 1 unspecified atom stereocenters. The lowest BCUT2D eigenvalue weighted by atomic mass is 9.96. The van der Waals surface area contributed by atoms with Crippen LogP contribution in [0.5, 0.6) is 17.2 Å². The van der Waals surface area contributed by atoms with E-state index in [1.54, 1.807) is 31.4 Å². The number of nitriles is 1. The van der Waals surface area contributed by atoms with E-state index in [4.69, 9.17) is 14.2 Å². The van der Waals surface area contributed by atoms with Gasteiger partial charge in [0.1, 0.15) is 23.1 Å². The highest BCUT2D eigenvalue weighted by molar-refractivity contribution is 5.39. The number of methoxy groups -OCH3 is 2. The zero-order chi connectivity index (χ0) is 16.7. The van der Waals surface area contributed by atoms with Gasteiger partial charge in [-0.25, -0.2) is 4.39 Å². The molecule has 0 bridgehead atoms. The van der Waals surface area contributed by atoms with Gasteiger partial charge in [-0.2, -0.15) is 5.26 Å². The molecule has 0 aromatic heterocycles. The molecular weight excluding hydrogens is 297 g/mol. The van der Waals surface area contributed by atoms with Crippen LogP contribution in [0.15, 0.2) is 42.5 Å². The molecule has 0 N–H and O–H groups in total. The summed E-state index contributed by atoms with van der Waals surface area (Å²) in [5, 5.41) is 9.36. The highest BCUT2D eigenvalue weighted by atomic mass is 19.1. The molecule has 2 aromatic rings. The van der Waals surface area contributed by atoms with Gasteiger partial charge in [0.15, 0.2) is 0 Å². The molecule has 4 nitrogen and oxygen atoms in total. The van der Waals surface area contributed by atoms with Gasteiger partial charge in [-0.1, -0.05) is 0 Å². The Morgan fingerprint density at radius 1 is 1.04 bits per heavy atom. The lowest BCUT2D eigenvalue weighted by molar-refractivity contribution is 0.303. The third-order valence-electron chi connectivity index (χ3n) is 3.46. The smallest absolute Gasteiger partial charge is 0.123 e. The summed E-state index contributed by atoms with van der Waals surface area (Å²) in [6.45, 7) is 0.338. The van der Waals surface area contributed by atoms with Crippen LogP contribution >= 0.6 is 0 Å². The molecule has 5 heteroatoms. The Kier molecular flexibility index (Phi) is 5.81. The van der Waals surface area contributed by atoms with Gasteiger partial charge in [-0.15, -0.1) is 0 Å². The quantitative estimate of drug-likeness (QED) is 0.777. The normalized spacial score (nSPS) is 11.4.